The van der Waals surface area contributed by atoms with Gasteiger partial charge in [0.1, 0.15) is 5.75 Å². The fourth-order valence-electron chi connectivity index (χ4n) is 1.76. The number of Topliss-reactive ketones (excluding diaryl/α,β-unsaturated/α-hetero) is 1. The number of methoxy groups -OCH3 is 1. The van der Waals surface area contributed by atoms with Crippen LogP contribution in [0.1, 0.15) is 35.7 Å². The van der Waals surface area contributed by atoms with Crippen LogP contribution in [0.4, 0.5) is 0 Å². The van der Waals surface area contributed by atoms with E-state index in [1.807, 2.05) is 32.0 Å². The number of benzene rings is 1. The molecule has 0 atom stereocenters. The predicted octanol–water partition coefficient (Wildman–Crippen LogP) is 2.99. The highest BCUT2D eigenvalue weighted by Gasteiger charge is 2.45. The summed E-state index contributed by atoms with van der Waals surface area (Å²) in [5, 5.41) is 0. The number of ether oxygens (including phenoxy) is 1. The van der Waals surface area contributed by atoms with Gasteiger partial charge in [0.05, 0.1) is 7.11 Å². The fraction of sp³-hybridized carbons (Fsp3) is 0.462. The Kier molecular flexibility index (Phi) is 2.29. The fourth-order valence-corrected chi connectivity index (χ4v) is 1.76. The number of hydrogen-bond acceptors (Lipinski definition) is 2. The van der Waals surface area contributed by atoms with E-state index in [4.69, 9.17) is 4.74 Å². The van der Waals surface area contributed by atoms with Crippen LogP contribution < -0.4 is 4.74 Å². The van der Waals surface area contributed by atoms with Crippen molar-refractivity contribution < 1.29 is 9.53 Å². The van der Waals surface area contributed by atoms with Crippen LogP contribution in [0.2, 0.25) is 0 Å². The molecule has 15 heavy (non-hydrogen) atoms. The van der Waals surface area contributed by atoms with Crippen LogP contribution in [0.25, 0.3) is 0 Å². The van der Waals surface area contributed by atoms with Crippen molar-refractivity contribution in [1.82, 2.24) is 0 Å². The van der Waals surface area contributed by atoms with Gasteiger partial charge >= 0.3 is 0 Å². The number of ketones is 1. The van der Waals surface area contributed by atoms with E-state index < -0.39 is 0 Å². The molecule has 0 saturated heterocycles. The Morgan fingerprint density at radius 1 is 1.40 bits per heavy atom. The maximum Gasteiger partial charge on any atom is 0.168 e. The van der Waals surface area contributed by atoms with E-state index in [1.54, 1.807) is 7.11 Å². The van der Waals surface area contributed by atoms with Crippen molar-refractivity contribution in [2.45, 2.75) is 26.7 Å². The molecule has 0 bridgehead atoms. The van der Waals surface area contributed by atoms with Crippen molar-refractivity contribution in [1.29, 1.82) is 0 Å². The lowest BCUT2D eigenvalue weighted by Gasteiger charge is -2.11. The summed E-state index contributed by atoms with van der Waals surface area (Å²) >= 11 is 0. The monoisotopic (exact) mass is 204 g/mol. The molecule has 0 aliphatic heterocycles. The van der Waals surface area contributed by atoms with E-state index in [-0.39, 0.29) is 11.2 Å². The SMILES string of the molecule is COc1ccc(C(=O)C2(C)CC2)c(C)c1. The van der Waals surface area contributed by atoms with Crippen LogP contribution in [0.5, 0.6) is 5.75 Å². The Labute approximate surface area is 90.3 Å². The van der Waals surface area contributed by atoms with Crippen LogP contribution in [-0.4, -0.2) is 12.9 Å². The van der Waals surface area contributed by atoms with E-state index in [0.29, 0.717) is 0 Å². The molecule has 1 aliphatic carbocycles. The van der Waals surface area contributed by atoms with Gasteiger partial charge in [-0.3, -0.25) is 4.79 Å². The summed E-state index contributed by atoms with van der Waals surface area (Å²) in [6.45, 7) is 4.00. The Morgan fingerprint density at radius 2 is 2.07 bits per heavy atom. The molecule has 2 heteroatoms. The minimum absolute atomic E-state index is 0.0840. The summed E-state index contributed by atoms with van der Waals surface area (Å²) in [7, 11) is 1.64. The Morgan fingerprint density at radius 3 is 2.53 bits per heavy atom. The molecule has 1 aromatic carbocycles. The van der Waals surface area contributed by atoms with Gasteiger partial charge in [0.25, 0.3) is 0 Å². The van der Waals surface area contributed by atoms with Gasteiger partial charge in [-0.15, -0.1) is 0 Å². The molecule has 0 unspecified atom stereocenters. The second-order valence-electron chi connectivity index (χ2n) is 4.57. The van der Waals surface area contributed by atoms with Crippen LogP contribution in [0.3, 0.4) is 0 Å². The Balaban J connectivity index is 2.33. The average Bonchev–Trinajstić information content (AvgIpc) is 2.96. The molecule has 2 nitrogen and oxygen atoms in total. The van der Waals surface area contributed by atoms with Crippen molar-refractivity contribution in [3.8, 4) is 5.75 Å². The van der Waals surface area contributed by atoms with E-state index >= 15 is 0 Å². The minimum Gasteiger partial charge on any atom is -0.497 e. The average molecular weight is 204 g/mol. The highest BCUT2D eigenvalue weighted by molar-refractivity contribution is 6.03. The zero-order chi connectivity index (χ0) is 11.1. The first-order chi connectivity index (χ1) is 7.07. The molecule has 0 heterocycles. The predicted molar refractivity (Wildman–Crippen MR) is 59.4 cm³/mol. The zero-order valence-corrected chi connectivity index (χ0v) is 9.46. The van der Waals surface area contributed by atoms with Gasteiger partial charge < -0.3 is 4.74 Å². The van der Waals surface area contributed by atoms with Crippen molar-refractivity contribution in [2.24, 2.45) is 5.41 Å². The number of hydrogen-bond donors (Lipinski definition) is 0. The molecule has 0 amide bonds. The highest BCUT2D eigenvalue weighted by Crippen LogP contribution is 2.48. The van der Waals surface area contributed by atoms with Gasteiger partial charge in [-0.25, -0.2) is 0 Å². The molecule has 1 saturated carbocycles. The molecule has 80 valence electrons. The van der Waals surface area contributed by atoms with Gasteiger partial charge in [0.15, 0.2) is 5.78 Å². The van der Waals surface area contributed by atoms with Crippen LogP contribution in [0, 0.1) is 12.3 Å². The summed E-state index contributed by atoms with van der Waals surface area (Å²) in [4.78, 5) is 12.1. The molecule has 1 fully saturated rings. The molecule has 2 rings (SSSR count). The largest absolute Gasteiger partial charge is 0.497 e. The molecule has 1 aromatic rings. The Hall–Kier alpha value is -1.31. The van der Waals surface area contributed by atoms with Gasteiger partial charge in [-0.1, -0.05) is 6.92 Å². The van der Waals surface area contributed by atoms with E-state index in [9.17, 15) is 4.79 Å². The summed E-state index contributed by atoms with van der Waals surface area (Å²) in [5.74, 6) is 1.09. The second-order valence-corrected chi connectivity index (χ2v) is 4.57. The van der Waals surface area contributed by atoms with Crippen LogP contribution in [-0.2, 0) is 0 Å². The molecule has 0 radical (unpaired) electrons. The summed E-state index contributed by atoms with van der Waals surface area (Å²) in [6, 6.07) is 5.64. The zero-order valence-electron chi connectivity index (χ0n) is 9.46. The number of carbonyl (C=O) groups is 1. The highest BCUT2D eigenvalue weighted by atomic mass is 16.5. The molecular formula is C13H16O2. The van der Waals surface area contributed by atoms with Gasteiger partial charge in [-0.05, 0) is 43.5 Å². The van der Waals surface area contributed by atoms with Crippen LogP contribution >= 0.6 is 0 Å². The molecule has 0 N–H and O–H groups in total. The number of carbonyl (C=O) groups excluding carboxylic acids is 1. The third-order valence-corrected chi connectivity index (χ3v) is 3.23. The lowest BCUT2D eigenvalue weighted by Crippen LogP contribution is -2.13. The minimum atomic E-state index is -0.0840. The first-order valence-electron chi connectivity index (χ1n) is 5.26. The Bertz CT molecular complexity index is 403. The number of aryl methyl sites for hydroxylation is 1. The number of rotatable bonds is 3. The normalized spacial score (nSPS) is 17.3. The van der Waals surface area contributed by atoms with Gasteiger partial charge in [0, 0.05) is 11.0 Å². The third kappa shape index (κ3) is 1.76. The third-order valence-electron chi connectivity index (χ3n) is 3.23. The second kappa shape index (κ2) is 3.37. The molecular weight excluding hydrogens is 188 g/mol. The van der Waals surface area contributed by atoms with Gasteiger partial charge in [-0.2, -0.15) is 0 Å². The van der Waals surface area contributed by atoms with Crippen molar-refractivity contribution in [2.75, 3.05) is 7.11 Å². The van der Waals surface area contributed by atoms with Crippen molar-refractivity contribution in [3.63, 3.8) is 0 Å². The first kappa shape index (κ1) is 10.2. The maximum atomic E-state index is 12.1. The molecule has 0 spiro atoms. The lowest BCUT2D eigenvalue weighted by molar-refractivity contribution is 0.0912. The maximum absolute atomic E-state index is 12.1. The van der Waals surface area contributed by atoms with E-state index in [2.05, 4.69) is 0 Å². The van der Waals surface area contributed by atoms with Crippen LogP contribution in [0.15, 0.2) is 18.2 Å². The summed E-state index contributed by atoms with van der Waals surface area (Å²) in [6.07, 6.45) is 2.05. The first-order valence-corrected chi connectivity index (χ1v) is 5.26. The van der Waals surface area contributed by atoms with E-state index in [1.165, 1.54) is 0 Å². The molecule has 0 aromatic heterocycles. The topological polar surface area (TPSA) is 26.3 Å². The summed E-state index contributed by atoms with van der Waals surface area (Å²) in [5.41, 5.74) is 1.77. The lowest BCUT2D eigenvalue weighted by atomic mass is 9.93. The van der Waals surface area contributed by atoms with Crippen molar-refractivity contribution in [3.05, 3.63) is 29.3 Å². The van der Waals surface area contributed by atoms with Gasteiger partial charge in [0.2, 0.25) is 0 Å². The van der Waals surface area contributed by atoms with Crippen molar-refractivity contribution >= 4 is 5.78 Å². The smallest absolute Gasteiger partial charge is 0.168 e. The molecule has 1 aliphatic rings. The standard InChI is InChI=1S/C13H16O2/c1-9-8-10(15-3)4-5-11(9)12(14)13(2)6-7-13/h4-5,8H,6-7H2,1-3H3. The quantitative estimate of drug-likeness (QED) is 0.707. The van der Waals surface area contributed by atoms with E-state index in [0.717, 1.165) is 29.7 Å². The summed E-state index contributed by atoms with van der Waals surface area (Å²) < 4.78 is 5.12.